The Bertz CT molecular complexity index is 588. The van der Waals surface area contributed by atoms with Gasteiger partial charge in [-0.3, -0.25) is 4.79 Å². The van der Waals surface area contributed by atoms with Gasteiger partial charge in [-0.15, -0.1) is 0 Å². The fraction of sp³-hybridized carbons (Fsp3) is 0.188. The average molecular weight is 255 g/mol. The summed E-state index contributed by atoms with van der Waals surface area (Å²) in [5, 5.41) is 12.1. The zero-order valence-corrected chi connectivity index (χ0v) is 11.1. The molecule has 0 saturated heterocycles. The zero-order valence-electron chi connectivity index (χ0n) is 11.1. The summed E-state index contributed by atoms with van der Waals surface area (Å²) in [6, 6.07) is 12.6. The van der Waals surface area contributed by atoms with E-state index in [1.54, 1.807) is 24.3 Å². The van der Waals surface area contributed by atoms with E-state index in [9.17, 15) is 9.90 Å². The van der Waals surface area contributed by atoms with Crippen molar-refractivity contribution in [3.63, 3.8) is 0 Å². The normalized spacial score (nSPS) is 10.2. The third-order valence-electron chi connectivity index (χ3n) is 3.03. The van der Waals surface area contributed by atoms with Gasteiger partial charge in [0.2, 0.25) is 0 Å². The van der Waals surface area contributed by atoms with Gasteiger partial charge in [-0.2, -0.15) is 0 Å². The summed E-state index contributed by atoms with van der Waals surface area (Å²) < 4.78 is 0. The van der Waals surface area contributed by atoms with Crippen LogP contribution in [0, 0.1) is 13.8 Å². The van der Waals surface area contributed by atoms with Crippen molar-refractivity contribution in [1.82, 2.24) is 5.32 Å². The van der Waals surface area contributed by atoms with Gasteiger partial charge in [-0.05, 0) is 43.2 Å². The lowest BCUT2D eigenvalue weighted by Crippen LogP contribution is -2.23. The van der Waals surface area contributed by atoms with Crippen LogP contribution in [0.5, 0.6) is 5.75 Å². The molecule has 1 amide bonds. The van der Waals surface area contributed by atoms with E-state index in [1.807, 2.05) is 32.0 Å². The van der Waals surface area contributed by atoms with Gasteiger partial charge in [-0.1, -0.05) is 29.8 Å². The fourth-order valence-corrected chi connectivity index (χ4v) is 1.87. The Kier molecular flexibility index (Phi) is 3.85. The number of amides is 1. The van der Waals surface area contributed by atoms with Gasteiger partial charge in [0, 0.05) is 12.1 Å². The number of phenols is 1. The smallest absolute Gasteiger partial charge is 0.251 e. The largest absolute Gasteiger partial charge is 0.508 e. The first-order valence-corrected chi connectivity index (χ1v) is 6.19. The van der Waals surface area contributed by atoms with Gasteiger partial charge in [0.25, 0.3) is 5.91 Å². The molecule has 0 bridgehead atoms. The van der Waals surface area contributed by atoms with Crippen molar-refractivity contribution in [1.29, 1.82) is 0 Å². The molecule has 2 aromatic rings. The van der Waals surface area contributed by atoms with E-state index in [0.29, 0.717) is 12.1 Å². The lowest BCUT2D eigenvalue weighted by atomic mass is 10.0. The number of rotatable bonds is 3. The maximum atomic E-state index is 12.1. The van der Waals surface area contributed by atoms with Crippen LogP contribution in [-0.2, 0) is 6.54 Å². The van der Waals surface area contributed by atoms with Crippen molar-refractivity contribution >= 4 is 5.91 Å². The molecule has 0 spiro atoms. The van der Waals surface area contributed by atoms with Crippen molar-refractivity contribution in [3.8, 4) is 5.75 Å². The molecule has 0 saturated carbocycles. The lowest BCUT2D eigenvalue weighted by molar-refractivity contribution is 0.0950. The number of nitrogens with one attached hydrogen (secondary N) is 1. The van der Waals surface area contributed by atoms with E-state index < -0.39 is 0 Å². The number of aromatic hydroxyl groups is 1. The first-order chi connectivity index (χ1) is 9.06. The standard InChI is InChI=1S/C16H17NO2/c1-11-3-4-12(2)15(9-11)16(19)17-10-13-5-7-14(18)8-6-13/h3-9,18H,10H2,1-2H3,(H,17,19). The molecule has 0 unspecified atom stereocenters. The van der Waals surface area contributed by atoms with Crippen LogP contribution in [0.3, 0.4) is 0 Å². The minimum Gasteiger partial charge on any atom is -0.508 e. The maximum absolute atomic E-state index is 12.1. The number of carbonyl (C=O) groups is 1. The van der Waals surface area contributed by atoms with Crippen LogP contribution >= 0.6 is 0 Å². The van der Waals surface area contributed by atoms with E-state index >= 15 is 0 Å². The molecular formula is C16H17NO2. The Labute approximate surface area is 112 Å². The van der Waals surface area contributed by atoms with Crippen LogP contribution in [0.4, 0.5) is 0 Å². The number of aryl methyl sites for hydroxylation is 2. The molecule has 0 radical (unpaired) electrons. The minimum atomic E-state index is -0.0747. The van der Waals surface area contributed by atoms with Crippen molar-refractivity contribution in [2.24, 2.45) is 0 Å². The Morgan fingerprint density at radius 1 is 1.11 bits per heavy atom. The molecule has 0 aromatic heterocycles. The Morgan fingerprint density at radius 2 is 1.79 bits per heavy atom. The van der Waals surface area contributed by atoms with Crippen LogP contribution in [-0.4, -0.2) is 11.0 Å². The molecule has 2 N–H and O–H groups in total. The quantitative estimate of drug-likeness (QED) is 0.886. The van der Waals surface area contributed by atoms with Crippen LogP contribution < -0.4 is 5.32 Å². The molecule has 3 nitrogen and oxygen atoms in total. The molecule has 3 heteroatoms. The summed E-state index contributed by atoms with van der Waals surface area (Å²) in [5.74, 6) is 0.152. The van der Waals surface area contributed by atoms with Gasteiger partial charge in [0.1, 0.15) is 5.75 Å². The Morgan fingerprint density at radius 3 is 2.47 bits per heavy atom. The second kappa shape index (κ2) is 5.57. The number of hydrogen-bond donors (Lipinski definition) is 2. The van der Waals surface area contributed by atoms with E-state index in [4.69, 9.17) is 0 Å². The summed E-state index contributed by atoms with van der Waals surface area (Å²) in [5.41, 5.74) is 3.70. The molecule has 98 valence electrons. The summed E-state index contributed by atoms with van der Waals surface area (Å²) in [6.45, 7) is 4.34. The van der Waals surface area contributed by atoms with Crippen molar-refractivity contribution in [2.75, 3.05) is 0 Å². The predicted octanol–water partition coefficient (Wildman–Crippen LogP) is 2.94. The second-order valence-corrected chi connectivity index (χ2v) is 4.67. The van der Waals surface area contributed by atoms with Gasteiger partial charge in [0.05, 0.1) is 0 Å². The molecule has 2 rings (SSSR count). The second-order valence-electron chi connectivity index (χ2n) is 4.67. The Balaban J connectivity index is 2.05. The van der Waals surface area contributed by atoms with Crippen LogP contribution in [0.2, 0.25) is 0 Å². The highest BCUT2D eigenvalue weighted by atomic mass is 16.3. The topological polar surface area (TPSA) is 49.3 Å². The lowest BCUT2D eigenvalue weighted by Gasteiger charge is -2.08. The van der Waals surface area contributed by atoms with E-state index in [0.717, 1.165) is 16.7 Å². The summed E-state index contributed by atoms with van der Waals surface area (Å²) >= 11 is 0. The first-order valence-electron chi connectivity index (χ1n) is 6.19. The van der Waals surface area contributed by atoms with Gasteiger partial charge in [-0.25, -0.2) is 0 Å². The summed E-state index contributed by atoms with van der Waals surface area (Å²) in [4.78, 5) is 12.1. The zero-order chi connectivity index (χ0) is 13.8. The highest BCUT2D eigenvalue weighted by Gasteiger charge is 2.08. The van der Waals surface area contributed by atoms with Gasteiger partial charge >= 0.3 is 0 Å². The van der Waals surface area contributed by atoms with Crippen LogP contribution in [0.15, 0.2) is 42.5 Å². The molecule has 0 heterocycles. The third-order valence-corrected chi connectivity index (χ3v) is 3.03. The van der Waals surface area contributed by atoms with Crippen molar-refractivity contribution < 1.29 is 9.90 Å². The fourth-order valence-electron chi connectivity index (χ4n) is 1.87. The van der Waals surface area contributed by atoms with E-state index in [1.165, 1.54) is 0 Å². The van der Waals surface area contributed by atoms with Gasteiger partial charge in [0.15, 0.2) is 0 Å². The molecule has 2 aromatic carbocycles. The molecule has 0 aliphatic carbocycles. The van der Waals surface area contributed by atoms with Crippen LogP contribution in [0.25, 0.3) is 0 Å². The molecular weight excluding hydrogens is 238 g/mol. The number of benzene rings is 2. The predicted molar refractivity (Wildman–Crippen MR) is 75.2 cm³/mol. The third kappa shape index (κ3) is 3.35. The summed E-state index contributed by atoms with van der Waals surface area (Å²) in [7, 11) is 0. The molecule has 0 aliphatic heterocycles. The molecule has 0 atom stereocenters. The monoisotopic (exact) mass is 255 g/mol. The Hall–Kier alpha value is -2.29. The van der Waals surface area contributed by atoms with Gasteiger partial charge < -0.3 is 10.4 Å². The molecule has 19 heavy (non-hydrogen) atoms. The van der Waals surface area contributed by atoms with Crippen molar-refractivity contribution in [2.45, 2.75) is 20.4 Å². The van der Waals surface area contributed by atoms with E-state index in [2.05, 4.69) is 5.32 Å². The average Bonchev–Trinajstić information content (AvgIpc) is 2.40. The minimum absolute atomic E-state index is 0.0747. The van der Waals surface area contributed by atoms with E-state index in [-0.39, 0.29) is 11.7 Å². The maximum Gasteiger partial charge on any atom is 0.251 e. The van der Waals surface area contributed by atoms with Crippen molar-refractivity contribution in [3.05, 3.63) is 64.7 Å². The SMILES string of the molecule is Cc1ccc(C)c(C(=O)NCc2ccc(O)cc2)c1. The summed E-state index contributed by atoms with van der Waals surface area (Å²) in [6.07, 6.45) is 0. The van der Waals surface area contributed by atoms with Crippen LogP contribution in [0.1, 0.15) is 27.0 Å². The molecule has 0 fully saturated rings. The highest BCUT2D eigenvalue weighted by Crippen LogP contribution is 2.12. The molecule has 0 aliphatic rings. The number of phenolic OH excluding ortho intramolecular Hbond substituents is 1. The number of carbonyl (C=O) groups excluding carboxylic acids is 1. The first kappa shape index (κ1) is 13.1. The highest BCUT2D eigenvalue weighted by molar-refractivity contribution is 5.95. The number of hydrogen-bond acceptors (Lipinski definition) is 2.